The van der Waals surface area contributed by atoms with Crippen molar-refractivity contribution in [1.29, 1.82) is 0 Å². The molecule has 4 N–H and O–H groups in total. The van der Waals surface area contributed by atoms with Gasteiger partial charge in [0.1, 0.15) is 5.76 Å². The van der Waals surface area contributed by atoms with E-state index in [2.05, 4.69) is 10.6 Å². The van der Waals surface area contributed by atoms with Crippen LogP contribution in [0.1, 0.15) is 17.7 Å². The molecule has 0 saturated carbocycles. The molecule has 0 radical (unpaired) electrons. The SMILES string of the molecule is Nc1cc2c(cc1NCc1ccco1)CCC(=O)N2. The molecular formula is C14H15N3O2. The summed E-state index contributed by atoms with van der Waals surface area (Å²) >= 11 is 0. The van der Waals surface area contributed by atoms with Crippen molar-refractivity contribution in [3.8, 4) is 0 Å². The van der Waals surface area contributed by atoms with Crippen molar-refractivity contribution in [1.82, 2.24) is 0 Å². The number of aryl methyl sites for hydroxylation is 1. The maximum Gasteiger partial charge on any atom is 0.224 e. The Balaban J connectivity index is 1.80. The van der Waals surface area contributed by atoms with Gasteiger partial charge in [0, 0.05) is 12.1 Å². The van der Waals surface area contributed by atoms with Crippen LogP contribution >= 0.6 is 0 Å². The van der Waals surface area contributed by atoms with Crippen molar-refractivity contribution in [2.75, 3.05) is 16.4 Å². The number of anilines is 3. The molecule has 0 atom stereocenters. The highest BCUT2D eigenvalue weighted by Gasteiger charge is 2.16. The first-order chi connectivity index (χ1) is 9.22. The fraction of sp³-hybridized carbons (Fsp3) is 0.214. The molecule has 0 aliphatic carbocycles. The summed E-state index contributed by atoms with van der Waals surface area (Å²) in [5.74, 6) is 0.897. The van der Waals surface area contributed by atoms with E-state index in [1.54, 1.807) is 12.3 Å². The molecule has 5 heteroatoms. The first-order valence-corrected chi connectivity index (χ1v) is 6.21. The Morgan fingerprint density at radius 3 is 3.05 bits per heavy atom. The van der Waals surface area contributed by atoms with E-state index < -0.39 is 0 Å². The summed E-state index contributed by atoms with van der Waals surface area (Å²) < 4.78 is 5.26. The summed E-state index contributed by atoms with van der Waals surface area (Å²) in [5, 5.41) is 6.08. The Bertz CT molecular complexity index is 605. The summed E-state index contributed by atoms with van der Waals surface area (Å²) in [6.45, 7) is 0.586. The predicted octanol–water partition coefficient (Wildman–Crippen LogP) is 2.36. The van der Waals surface area contributed by atoms with Crippen molar-refractivity contribution in [3.05, 3.63) is 41.9 Å². The molecule has 98 valence electrons. The van der Waals surface area contributed by atoms with E-state index in [1.807, 2.05) is 18.2 Å². The highest BCUT2D eigenvalue weighted by atomic mass is 16.3. The number of hydrogen-bond acceptors (Lipinski definition) is 4. The minimum Gasteiger partial charge on any atom is -0.467 e. The van der Waals surface area contributed by atoms with Crippen molar-refractivity contribution < 1.29 is 9.21 Å². The summed E-state index contributed by atoms with van der Waals surface area (Å²) in [6.07, 6.45) is 2.91. The smallest absolute Gasteiger partial charge is 0.224 e. The van der Waals surface area contributed by atoms with Gasteiger partial charge < -0.3 is 20.8 Å². The number of hydrogen-bond donors (Lipinski definition) is 3. The lowest BCUT2D eigenvalue weighted by atomic mass is 10.0. The molecule has 0 spiro atoms. The molecule has 0 fully saturated rings. The molecule has 19 heavy (non-hydrogen) atoms. The van der Waals surface area contributed by atoms with Crippen LogP contribution < -0.4 is 16.4 Å². The zero-order valence-electron chi connectivity index (χ0n) is 10.4. The summed E-state index contributed by atoms with van der Waals surface area (Å²) in [7, 11) is 0. The van der Waals surface area contributed by atoms with Gasteiger partial charge in [-0.1, -0.05) is 0 Å². The molecule has 1 amide bonds. The van der Waals surface area contributed by atoms with Crippen molar-refractivity contribution in [2.24, 2.45) is 0 Å². The van der Waals surface area contributed by atoms with Crippen LogP contribution in [0, 0.1) is 0 Å². The second kappa shape index (κ2) is 4.68. The molecule has 1 aromatic carbocycles. The molecule has 0 bridgehead atoms. The normalized spacial score (nSPS) is 13.8. The van der Waals surface area contributed by atoms with E-state index >= 15 is 0 Å². The largest absolute Gasteiger partial charge is 0.467 e. The summed E-state index contributed by atoms with van der Waals surface area (Å²) in [5.41, 5.74) is 9.39. The average molecular weight is 257 g/mol. The quantitative estimate of drug-likeness (QED) is 0.737. The van der Waals surface area contributed by atoms with Gasteiger partial charge in [0.2, 0.25) is 5.91 Å². The third-order valence-electron chi connectivity index (χ3n) is 3.20. The van der Waals surface area contributed by atoms with Gasteiger partial charge in [-0.3, -0.25) is 4.79 Å². The van der Waals surface area contributed by atoms with Crippen LogP contribution in [0.15, 0.2) is 34.9 Å². The first kappa shape index (κ1) is 11.6. The van der Waals surface area contributed by atoms with Gasteiger partial charge in [-0.25, -0.2) is 0 Å². The van der Waals surface area contributed by atoms with E-state index in [9.17, 15) is 4.79 Å². The molecule has 0 saturated heterocycles. The van der Waals surface area contributed by atoms with E-state index in [1.165, 1.54) is 0 Å². The number of nitrogen functional groups attached to an aromatic ring is 1. The van der Waals surface area contributed by atoms with E-state index in [0.29, 0.717) is 18.7 Å². The van der Waals surface area contributed by atoms with Crippen molar-refractivity contribution >= 4 is 23.0 Å². The van der Waals surface area contributed by atoms with Crippen LogP contribution in [0.4, 0.5) is 17.1 Å². The number of amides is 1. The monoisotopic (exact) mass is 257 g/mol. The number of rotatable bonds is 3. The number of carbonyl (C=O) groups is 1. The number of furan rings is 1. The number of nitrogens with two attached hydrogens (primary N) is 1. The third-order valence-corrected chi connectivity index (χ3v) is 3.20. The van der Waals surface area contributed by atoms with Crippen LogP contribution in [0.5, 0.6) is 0 Å². The van der Waals surface area contributed by atoms with Crippen LogP contribution in [-0.2, 0) is 17.8 Å². The maximum atomic E-state index is 11.3. The highest BCUT2D eigenvalue weighted by Crippen LogP contribution is 2.31. The highest BCUT2D eigenvalue weighted by molar-refractivity contribution is 5.95. The lowest BCUT2D eigenvalue weighted by molar-refractivity contribution is -0.116. The van der Waals surface area contributed by atoms with Crippen LogP contribution in [-0.4, -0.2) is 5.91 Å². The van der Waals surface area contributed by atoms with Crippen LogP contribution in [0.3, 0.4) is 0 Å². The third kappa shape index (κ3) is 2.40. The van der Waals surface area contributed by atoms with Crippen LogP contribution in [0.25, 0.3) is 0 Å². The first-order valence-electron chi connectivity index (χ1n) is 6.21. The Morgan fingerprint density at radius 1 is 1.37 bits per heavy atom. The fourth-order valence-electron chi connectivity index (χ4n) is 2.19. The molecule has 2 heterocycles. The zero-order chi connectivity index (χ0) is 13.2. The van der Waals surface area contributed by atoms with E-state index in [-0.39, 0.29) is 5.91 Å². The molecule has 2 aromatic rings. The average Bonchev–Trinajstić information content (AvgIpc) is 2.89. The van der Waals surface area contributed by atoms with Gasteiger partial charge in [-0.15, -0.1) is 0 Å². The molecule has 1 aliphatic heterocycles. The second-order valence-corrected chi connectivity index (χ2v) is 4.58. The molecule has 1 aliphatic rings. The number of carbonyl (C=O) groups excluding carboxylic acids is 1. The van der Waals surface area contributed by atoms with Crippen molar-refractivity contribution in [3.63, 3.8) is 0 Å². The number of benzene rings is 1. The number of fused-ring (bicyclic) bond motifs is 1. The minimum atomic E-state index is 0.0446. The van der Waals surface area contributed by atoms with Gasteiger partial charge in [0.25, 0.3) is 0 Å². The zero-order valence-corrected chi connectivity index (χ0v) is 10.4. The Morgan fingerprint density at radius 2 is 2.26 bits per heavy atom. The van der Waals surface area contributed by atoms with Gasteiger partial charge in [-0.2, -0.15) is 0 Å². The van der Waals surface area contributed by atoms with E-state index in [0.717, 1.165) is 29.1 Å². The maximum absolute atomic E-state index is 11.3. The standard InChI is InChI=1S/C14H15N3O2/c15-11-7-12-9(3-4-14(18)17-12)6-13(11)16-8-10-2-1-5-19-10/h1-2,5-7,16H,3-4,8,15H2,(H,17,18). The Kier molecular flexibility index (Phi) is 2.87. The molecular weight excluding hydrogens is 242 g/mol. The molecule has 1 aromatic heterocycles. The second-order valence-electron chi connectivity index (χ2n) is 4.58. The Labute approximate surface area is 110 Å². The summed E-state index contributed by atoms with van der Waals surface area (Å²) in [4.78, 5) is 11.3. The van der Waals surface area contributed by atoms with Gasteiger partial charge >= 0.3 is 0 Å². The molecule has 0 unspecified atom stereocenters. The lowest BCUT2D eigenvalue weighted by Gasteiger charge is -2.19. The van der Waals surface area contributed by atoms with Crippen molar-refractivity contribution in [2.45, 2.75) is 19.4 Å². The van der Waals surface area contributed by atoms with E-state index in [4.69, 9.17) is 10.2 Å². The molecule has 3 rings (SSSR count). The molecule has 5 nitrogen and oxygen atoms in total. The Hall–Kier alpha value is -2.43. The number of nitrogens with one attached hydrogen (secondary N) is 2. The summed E-state index contributed by atoms with van der Waals surface area (Å²) in [6, 6.07) is 7.55. The van der Waals surface area contributed by atoms with Gasteiger partial charge in [0.05, 0.1) is 24.2 Å². The van der Waals surface area contributed by atoms with Gasteiger partial charge in [0.15, 0.2) is 0 Å². The lowest BCUT2D eigenvalue weighted by Crippen LogP contribution is -2.19. The predicted molar refractivity (Wildman–Crippen MR) is 73.8 cm³/mol. The fourth-order valence-corrected chi connectivity index (χ4v) is 2.19. The van der Waals surface area contributed by atoms with Crippen LogP contribution in [0.2, 0.25) is 0 Å². The van der Waals surface area contributed by atoms with Gasteiger partial charge in [-0.05, 0) is 36.2 Å². The minimum absolute atomic E-state index is 0.0446. The topological polar surface area (TPSA) is 80.3 Å².